The number of nitriles is 1. The summed E-state index contributed by atoms with van der Waals surface area (Å²) in [4.78, 5) is 34.1. The van der Waals surface area contributed by atoms with Gasteiger partial charge in [0.05, 0.1) is 5.69 Å². The highest BCUT2D eigenvalue weighted by Crippen LogP contribution is 2.28. The molecule has 1 N–H and O–H groups in total. The Balaban J connectivity index is 1.57. The number of hydrogen-bond acceptors (Lipinski definition) is 6. The molecule has 9 heteroatoms. The Hall–Kier alpha value is -3.80. The summed E-state index contributed by atoms with van der Waals surface area (Å²) in [5.41, 5.74) is 3.01. The number of fused-ring (bicyclic) bond motifs is 1. The van der Waals surface area contributed by atoms with Crippen molar-refractivity contribution in [2.75, 3.05) is 31.1 Å². The van der Waals surface area contributed by atoms with Gasteiger partial charge in [-0.25, -0.2) is 14.3 Å². The first-order chi connectivity index (χ1) is 16.1. The van der Waals surface area contributed by atoms with E-state index in [4.69, 9.17) is 9.72 Å². The van der Waals surface area contributed by atoms with Crippen LogP contribution < -0.4 is 10.5 Å². The van der Waals surface area contributed by atoms with Crippen LogP contribution in [0.5, 0.6) is 0 Å². The van der Waals surface area contributed by atoms with Crippen LogP contribution in [0.15, 0.2) is 35.3 Å². The number of nitrogens with one attached hydrogen (secondary N) is 1. The lowest BCUT2D eigenvalue weighted by atomic mass is 9.98. The molecule has 1 aliphatic rings. The monoisotopic (exact) mass is 462 g/mol. The van der Waals surface area contributed by atoms with Crippen LogP contribution in [-0.2, 0) is 4.74 Å². The topological polar surface area (TPSA) is 107 Å². The number of nitrogens with zero attached hydrogens (tertiary/aromatic N) is 5. The van der Waals surface area contributed by atoms with Crippen molar-refractivity contribution in [3.05, 3.63) is 51.9 Å². The molecule has 0 atom stereocenters. The van der Waals surface area contributed by atoms with Gasteiger partial charge < -0.3 is 14.5 Å². The number of rotatable bonds is 3. The van der Waals surface area contributed by atoms with Gasteiger partial charge >= 0.3 is 6.09 Å². The van der Waals surface area contributed by atoms with E-state index in [1.807, 2.05) is 58.9 Å². The SMILES string of the molecule is CC(C)c1c(-c2ccc(N3CCN(C(=O)OC(C)(C)C)CC3)cc2)nc2c(C#N)c[nH]n2c1=O. The third-order valence-corrected chi connectivity index (χ3v) is 5.83. The third-order valence-electron chi connectivity index (χ3n) is 5.83. The second-order valence-electron chi connectivity index (χ2n) is 9.79. The number of piperazine rings is 1. The maximum Gasteiger partial charge on any atom is 0.410 e. The smallest absolute Gasteiger partial charge is 0.410 e. The summed E-state index contributed by atoms with van der Waals surface area (Å²) in [6.07, 6.45) is 1.22. The largest absolute Gasteiger partial charge is 0.444 e. The maximum absolute atomic E-state index is 13.1. The van der Waals surface area contributed by atoms with E-state index in [-0.39, 0.29) is 17.6 Å². The first-order valence-electron chi connectivity index (χ1n) is 11.5. The summed E-state index contributed by atoms with van der Waals surface area (Å²) < 4.78 is 6.81. The number of H-pyrrole nitrogens is 1. The van der Waals surface area contributed by atoms with Crippen LogP contribution in [0.2, 0.25) is 0 Å². The number of aromatic nitrogens is 3. The molecular formula is C25H30N6O3. The van der Waals surface area contributed by atoms with E-state index < -0.39 is 5.60 Å². The summed E-state index contributed by atoms with van der Waals surface area (Å²) in [6.45, 7) is 12.1. The Morgan fingerprint density at radius 3 is 2.35 bits per heavy atom. The normalized spacial score (nSPS) is 14.5. The number of amides is 1. The molecule has 0 spiro atoms. The molecule has 1 amide bonds. The number of aromatic amines is 1. The zero-order chi connectivity index (χ0) is 24.6. The number of benzene rings is 1. The zero-order valence-corrected chi connectivity index (χ0v) is 20.3. The standard InChI is InChI=1S/C25H30N6O3/c1-16(2)20-21(28-22-18(14-26)15-27-31(22)23(20)32)17-6-8-19(9-7-17)29-10-12-30(13-11-29)24(33)34-25(3,4)5/h6-9,15-16,27H,10-13H2,1-5H3. The van der Waals surface area contributed by atoms with Crippen molar-refractivity contribution in [1.82, 2.24) is 19.5 Å². The van der Waals surface area contributed by atoms with Crippen molar-refractivity contribution in [1.29, 1.82) is 5.26 Å². The van der Waals surface area contributed by atoms with Crippen molar-refractivity contribution in [2.45, 2.75) is 46.1 Å². The molecule has 1 saturated heterocycles. The molecule has 0 bridgehead atoms. The molecule has 1 aromatic carbocycles. The number of anilines is 1. The van der Waals surface area contributed by atoms with Crippen molar-refractivity contribution in [2.24, 2.45) is 0 Å². The predicted molar refractivity (Wildman–Crippen MR) is 130 cm³/mol. The molecule has 178 valence electrons. The Labute approximate surface area is 198 Å². The van der Waals surface area contributed by atoms with Crippen molar-refractivity contribution < 1.29 is 9.53 Å². The van der Waals surface area contributed by atoms with Gasteiger partial charge in [-0.05, 0) is 38.8 Å². The second-order valence-corrected chi connectivity index (χ2v) is 9.79. The van der Waals surface area contributed by atoms with Gasteiger partial charge in [0.15, 0.2) is 5.65 Å². The molecule has 3 aromatic rings. The number of hydrogen-bond donors (Lipinski definition) is 1. The fourth-order valence-electron chi connectivity index (χ4n) is 4.15. The van der Waals surface area contributed by atoms with Crippen LogP contribution in [0.25, 0.3) is 16.9 Å². The Kier molecular flexibility index (Phi) is 6.09. The molecule has 34 heavy (non-hydrogen) atoms. The van der Waals surface area contributed by atoms with Crippen LogP contribution in [0.4, 0.5) is 10.5 Å². The van der Waals surface area contributed by atoms with E-state index in [9.17, 15) is 14.9 Å². The number of carbonyl (C=O) groups excluding carboxylic acids is 1. The van der Waals surface area contributed by atoms with E-state index >= 15 is 0 Å². The summed E-state index contributed by atoms with van der Waals surface area (Å²) in [6, 6.07) is 10.0. The summed E-state index contributed by atoms with van der Waals surface area (Å²) in [7, 11) is 0. The van der Waals surface area contributed by atoms with Gasteiger partial charge in [0.1, 0.15) is 17.2 Å². The van der Waals surface area contributed by atoms with Gasteiger partial charge in [-0.2, -0.15) is 5.26 Å². The number of carbonyl (C=O) groups is 1. The van der Waals surface area contributed by atoms with Crippen molar-refractivity contribution in [3.8, 4) is 17.3 Å². The summed E-state index contributed by atoms with van der Waals surface area (Å²) >= 11 is 0. The average molecular weight is 463 g/mol. The molecule has 2 aromatic heterocycles. The zero-order valence-electron chi connectivity index (χ0n) is 20.3. The van der Waals surface area contributed by atoms with Crippen molar-refractivity contribution >= 4 is 17.4 Å². The summed E-state index contributed by atoms with van der Waals surface area (Å²) in [5.74, 6) is -0.0404. The van der Waals surface area contributed by atoms with Crippen LogP contribution in [0, 0.1) is 11.3 Å². The Morgan fingerprint density at radius 2 is 1.79 bits per heavy atom. The predicted octanol–water partition coefficient (Wildman–Crippen LogP) is 3.74. The average Bonchev–Trinajstić information content (AvgIpc) is 3.21. The van der Waals surface area contributed by atoms with E-state index in [1.54, 1.807) is 4.90 Å². The molecule has 0 saturated carbocycles. The first-order valence-corrected chi connectivity index (χ1v) is 11.5. The van der Waals surface area contributed by atoms with Gasteiger partial charge in [-0.1, -0.05) is 26.0 Å². The maximum atomic E-state index is 13.1. The van der Waals surface area contributed by atoms with Gasteiger partial charge in [0.2, 0.25) is 0 Å². The van der Waals surface area contributed by atoms with Crippen LogP contribution in [0.1, 0.15) is 51.7 Å². The van der Waals surface area contributed by atoms with Crippen LogP contribution >= 0.6 is 0 Å². The molecule has 3 heterocycles. The minimum absolute atomic E-state index is 0.0404. The summed E-state index contributed by atoms with van der Waals surface area (Å²) in [5, 5.41) is 12.2. The Morgan fingerprint density at radius 1 is 1.15 bits per heavy atom. The van der Waals surface area contributed by atoms with Crippen molar-refractivity contribution in [3.63, 3.8) is 0 Å². The van der Waals surface area contributed by atoms with E-state index in [2.05, 4.69) is 16.1 Å². The molecule has 0 aliphatic carbocycles. The molecule has 1 aliphatic heterocycles. The molecule has 4 rings (SSSR count). The highest BCUT2D eigenvalue weighted by molar-refractivity contribution is 5.71. The molecule has 0 unspecified atom stereocenters. The lowest BCUT2D eigenvalue weighted by molar-refractivity contribution is 0.0240. The fraction of sp³-hybridized carbons (Fsp3) is 0.440. The lowest BCUT2D eigenvalue weighted by Crippen LogP contribution is -2.50. The van der Waals surface area contributed by atoms with Gasteiger partial charge in [0.25, 0.3) is 5.56 Å². The van der Waals surface area contributed by atoms with E-state index in [1.165, 1.54) is 10.7 Å². The van der Waals surface area contributed by atoms with Gasteiger partial charge in [0, 0.05) is 49.2 Å². The van der Waals surface area contributed by atoms with Crippen LogP contribution in [0.3, 0.4) is 0 Å². The highest BCUT2D eigenvalue weighted by Gasteiger charge is 2.26. The second kappa shape index (κ2) is 8.86. The Bertz CT molecular complexity index is 1300. The quantitative estimate of drug-likeness (QED) is 0.635. The van der Waals surface area contributed by atoms with E-state index in [0.717, 1.165) is 11.3 Å². The lowest BCUT2D eigenvalue weighted by Gasteiger charge is -2.36. The minimum Gasteiger partial charge on any atom is -0.444 e. The molecule has 1 fully saturated rings. The minimum atomic E-state index is -0.507. The first kappa shape index (κ1) is 23.4. The van der Waals surface area contributed by atoms with Gasteiger partial charge in [-0.15, -0.1) is 0 Å². The van der Waals surface area contributed by atoms with Gasteiger partial charge in [-0.3, -0.25) is 9.89 Å². The third kappa shape index (κ3) is 4.49. The molecule has 0 radical (unpaired) electrons. The molecular weight excluding hydrogens is 432 g/mol. The van der Waals surface area contributed by atoms with Crippen LogP contribution in [-0.4, -0.2) is 57.4 Å². The fourth-order valence-corrected chi connectivity index (χ4v) is 4.15. The number of ether oxygens (including phenoxy) is 1. The highest BCUT2D eigenvalue weighted by atomic mass is 16.6. The van der Waals surface area contributed by atoms with E-state index in [0.29, 0.717) is 48.6 Å². The molecule has 9 nitrogen and oxygen atoms in total.